The molecule has 0 atom stereocenters. The van der Waals surface area contributed by atoms with E-state index in [1.807, 2.05) is 0 Å². The SMILES string of the molecule is CS(=O)(=O)Nc1ccc(S(=O)(=O)Nc2ccccn2)cc1. The second-order valence-corrected chi connectivity index (χ2v) is 7.65. The third-order valence-electron chi connectivity index (χ3n) is 2.37. The Morgan fingerprint density at radius 3 is 2.10 bits per heavy atom. The van der Waals surface area contributed by atoms with E-state index in [0.717, 1.165) is 6.26 Å². The number of pyridine rings is 1. The molecule has 2 N–H and O–H groups in total. The van der Waals surface area contributed by atoms with Gasteiger partial charge in [-0.1, -0.05) is 6.07 Å². The van der Waals surface area contributed by atoms with Crippen LogP contribution >= 0.6 is 0 Å². The van der Waals surface area contributed by atoms with E-state index in [0.29, 0.717) is 0 Å². The molecule has 1 aromatic carbocycles. The Labute approximate surface area is 123 Å². The topological polar surface area (TPSA) is 105 Å². The van der Waals surface area contributed by atoms with Crippen LogP contribution in [0.5, 0.6) is 0 Å². The van der Waals surface area contributed by atoms with Crippen LogP contribution < -0.4 is 9.44 Å². The van der Waals surface area contributed by atoms with Crippen LogP contribution in [0, 0.1) is 0 Å². The normalized spacial score (nSPS) is 11.9. The van der Waals surface area contributed by atoms with E-state index in [2.05, 4.69) is 14.4 Å². The van der Waals surface area contributed by atoms with Gasteiger partial charge in [-0.05, 0) is 36.4 Å². The summed E-state index contributed by atoms with van der Waals surface area (Å²) in [5.41, 5.74) is 0.286. The van der Waals surface area contributed by atoms with Crippen molar-refractivity contribution in [2.45, 2.75) is 4.90 Å². The van der Waals surface area contributed by atoms with Gasteiger partial charge in [0.25, 0.3) is 10.0 Å². The van der Waals surface area contributed by atoms with E-state index >= 15 is 0 Å². The molecule has 112 valence electrons. The van der Waals surface area contributed by atoms with Crippen LogP contribution in [0.15, 0.2) is 53.6 Å². The summed E-state index contributed by atoms with van der Waals surface area (Å²) < 4.78 is 50.9. The highest BCUT2D eigenvalue weighted by Gasteiger charge is 2.14. The predicted molar refractivity (Wildman–Crippen MR) is 80.0 cm³/mol. The molecule has 1 heterocycles. The predicted octanol–water partition coefficient (Wildman–Crippen LogP) is 1.25. The molecule has 0 amide bonds. The van der Waals surface area contributed by atoms with Crippen molar-refractivity contribution in [2.75, 3.05) is 15.7 Å². The molecule has 0 unspecified atom stereocenters. The van der Waals surface area contributed by atoms with Crippen LogP contribution in [0.4, 0.5) is 11.5 Å². The Kier molecular flexibility index (Phi) is 4.14. The van der Waals surface area contributed by atoms with Gasteiger partial charge in [0.15, 0.2) is 0 Å². The molecule has 7 nitrogen and oxygen atoms in total. The van der Waals surface area contributed by atoms with Crippen LogP contribution in [0.25, 0.3) is 0 Å². The van der Waals surface area contributed by atoms with Gasteiger partial charge in [0.1, 0.15) is 5.82 Å². The van der Waals surface area contributed by atoms with Crippen LogP contribution in [-0.4, -0.2) is 28.1 Å². The Bertz CT molecular complexity index is 817. The molecule has 0 aliphatic carbocycles. The van der Waals surface area contributed by atoms with Gasteiger partial charge in [-0.25, -0.2) is 21.8 Å². The highest BCUT2D eigenvalue weighted by Crippen LogP contribution is 2.17. The van der Waals surface area contributed by atoms with Gasteiger partial charge in [0.2, 0.25) is 10.0 Å². The van der Waals surface area contributed by atoms with Crippen LogP contribution in [0.1, 0.15) is 0 Å². The zero-order valence-corrected chi connectivity index (χ0v) is 12.6. The monoisotopic (exact) mass is 327 g/mol. The minimum absolute atomic E-state index is 0.00667. The summed E-state index contributed by atoms with van der Waals surface area (Å²) in [4.78, 5) is 3.88. The molecule has 0 spiro atoms. The lowest BCUT2D eigenvalue weighted by Gasteiger charge is -2.08. The average Bonchev–Trinajstić information content (AvgIpc) is 2.38. The largest absolute Gasteiger partial charge is 0.284 e. The van der Waals surface area contributed by atoms with Crippen molar-refractivity contribution in [3.05, 3.63) is 48.7 Å². The lowest BCUT2D eigenvalue weighted by atomic mass is 10.3. The Morgan fingerprint density at radius 1 is 0.905 bits per heavy atom. The van der Waals surface area contributed by atoms with Gasteiger partial charge >= 0.3 is 0 Å². The third-order valence-corrected chi connectivity index (χ3v) is 4.35. The fourth-order valence-electron chi connectivity index (χ4n) is 1.54. The van der Waals surface area contributed by atoms with E-state index < -0.39 is 20.0 Å². The maximum atomic E-state index is 12.1. The number of sulfonamides is 2. The molecule has 9 heteroatoms. The zero-order valence-electron chi connectivity index (χ0n) is 11.0. The molecule has 2 rings (SSSR count). The van der Waals surface area contributed by atoms with E-state index in [1.54, 1.807) is 12.1 Å². The van der Waals surface area contributed by atoms with Crippen LogP contribution in [0.2, 0.25) is 0 Å². The Morgan fingerprint density at radius 2 is 1.57 bits per heavy atom. The Hall–Kier alpha value is -2.13. The van der Waals surface area contributed by atoms with Gasteiger partial charge in [0, 0.05) is 11.9 Å². The second kappa shape index (κ2) is 5.70. The molecule has 0 aliphatic rings. The summed E-state index contributed by atoms with van der Waals surface area (Å²) in [5, 5.41) is 0. The lowest BCUT2D eigenvalue weighted by molar-refractivity contribution is 0.601. The average molecular weight is 327 g/mol. The lowest BCUT2D eigenvalue weighted by Crippen LogP contribution is -2.14. The summed E-state index contributed by atoms with van der Waals surface area (Å²) in [6.45, 7) is 0. The summed E-state index contributed by atoms with van der Waals surface area (Å²) in [6.07, 6.45) is 2.48. The first-order chi connectivity index (χ1) is 9.76. The minimum Gasteiger partial charge on any atom is -0.284 e. The number of rotatable bonds is 5. The fourth-order valence-corrected chi connectivity index (χ4v) is 3.11. The molecule has 2 aromatic rings. The number of aromatic nitrogens is 1. The molecule has 21 heavy (non-hydrogen) atoms. The molecular weight excluding hydrogens is 314 g/mol. The van der Waals surface area contributed by atoms with Crippen molar-refractivity contribution in [1.82, 2.24) is 4.98 Å². The van der Waals surface area contributed by atoms with Crippen molar-refractivity contribution >= 4 is 31.6 Å². The third kappa shape index (κ3) is 4.43. The molecule has 0 fully saturated rings. The van der Waals surface area contributed by atoms with Gasteiger partial charge in [-0.3, -0.25) is 9.44 Å². The first-order valence-corrected chi connectivity index (χ1v) is 9.15. The standard InChI is InChI=1S/C12H13N3O4S2/c1-20(16,17)14-10-5-7-11(8-6-10)21(18,19)15-12-4-2-3-9-13-12/h2-9,14H,1H3,(H,13,15). The van der Waals surface area contributed by atoms with E-state index in [9.17, 15) is 16.8 Å². The highest BCUT2D eigenvalue weighted by molar-refractivity contribution is 7.92. The first-order valence-electron chi connectivity index (χ1n) is 5.78. The summed E-state index contributed by atoms with van der Waals surface area (Å²) in [7, 11) is -7.16. The summed E-state index contributed by atoms with van der Waals surface area (Å²) in [6, 6.07) is 10.2. The zero-order chi connectivity index (χ0) is 15.5. The number of anilines is 2. The van der Waals surface area contributed by atoms with Crippen molar-refractivity contribution < 1.29 is 16.8 Å². The van der Waals surface area contributed by atoms with Crippen molar-refractivity contribution in [1.29, 1.82) is 0 Å². The number of benzene rings is 1. The fraction of sp³-hybridized carbons (Fsp3) is 0.0833. The second-order valence-electron chi connectivity index (χ2n) is 4.22. The number of hydrogen-bond acceptors (Lipinski definition) is 5. The highest BCUT2D eigenvalue weighted by atomic mass is 32.2. The van der Waals surface area contributed by atoms with E-state index in [-0.39, 0.29) is 16.4 Å². The van der Waals surface area contributed by atoms with Gasteiger partial charge in [-0.2, -0.15) is 0 Å². The molecular formula is C12H13N3O4S2. The molecule has 1 aromatic heterocycles. The van der Waals surface area contributed by atoms with Gasteiger partial charge < -0.3 is 0 Å². The maximum absolute atomic E-state index is 12.1. The molecule has 0 aliphatic heterocycles. The minimum atomic E-state index is -3.76. The number of nitrogens with one attached hydrogen (secondary N) is 2. The van der Waals surface area contributed by atoms with Gasteiger partial charge in [-0.15, -0.1) is 0 Å². The first kappa shape index (κ1) is 15.3. The van der Waals surface area contributed by atoms with E-state index in [1.165, 1.54) is 36.5 Å². The molecule has 0 radical (unpaired) electrons. The van der Waals surface area contributed by atoms with Crippen LogP contribution in [0.3, 0.4) is 0 Å². The van der Waals surface area contributed by atoms with Crippen LogP contribution in [-0.2, 0) is 20.0 Å². The maximum Gasteiger partial charge on any atom is 0.263 e. The molecule has 0 saturated heterocycles. The number of nitrogens with zero attached hydrogens (tertiary/aromatic N) is 1. The summed E-state index contributed by atoms with van der Waals surface area (Å²) in [5.74, 6) is 0.204. The molecule has 0 saturated carbocycles. The quantitative estimate of drug-likeness (QED) is 0.860. The number of hydrogen-bond donors (Lipinski definition) is 2. The smallest absolute Gasteiger partial charge is 0.263 e. The van der Waals surface area contributed by atoms with Crippen molar-refractivity contribution in [3.8, 4) is 0 Å². The van der Waals surface area contributed by atoms with Crippen molar-refractivity contribution in [2.24, 2.45) is 0 Å². The van der Waals surface area contributed by atoms with Crippen molar-refractivity contribution in [3.63, 3.8) is 0 Å². The molecule has 0 bridgehead atoms. The summed E-state index contributed by atoms with van der Waals surface area (Å²) >= 11 is 0. The van der Waals surface area contributed by atoms with E-state index in [4.69, 9.17) is 0 Å². The Balaban J connectivity index is 2.21. The van der Waals surface area contributed by atoms with Gasteiger partial charge in [0.05, 0.1) is 11.2 Å².